The van der Waals surface area contributed by atoms with E-state index in [4.69, 9.17) is 0 Å². The zero-order valence-corrected chi connectivity index (χ0v) is 15.5. The highest BCUT2D eigenvalue weighted by Gasteiger charge is 2.16. The van der Waals surface area contributed by atoms with Crippen LogP contribution in [0.25, 0.3) is 0 Å². The normalized spacial score (nSPS) is 10.3. The van der Waals surface area contributed by atoms with Gasteiger partial charge in [-0.15, -0.1) is 0 Å². The van der Waals surface area contributed by atoms with Gasteiger partial charge in [-0.3, -0.25) is 9.59 Å². The molecular weight excluding hydrogens is 330 g/mol. The maximum atomic E-state index is 12.7. The first-order valence-corrected chi connectivity index (χ1v) is 8.79. The molecule has 1 aromatic heterocycles. The van der Waals surface area contributed by atoms with Crippen LogP contribution in [-0.4, -0.2) is 39.8 Å². The van der Waals surface area contributed by atoms with Crippen LogP contribution in [0.5, 0.6) is 0 Å². The summed E-state index contributed by atoms with van der Waals surface area (Å²) >= 11 is 0. The van der Waals surface area contributed by atoms with Crippen molar-refractivity contribution in [1.82, 2.24) is 14.9 Å². The summed E-state index contributed by atoms with van der Waals surface area (Å²) in [6.45, 7) is 6.97. The van der Waals surface area contributed by atoms with Crippen molar-refractivity contribution in [2.45, 2.75) is 33.6 Å². The Morgan fingerprint density at radius 1 is 1.04 bits per heavy atom. The quantitative estimate of drug-likeness (QED) is 0.757. The van der Waals surface area contributed by atoms with Gasteiger partial charge in [-0.05, 0) is 31.0 Å². The molecule has 0 aliphatic rings. The lowest BCUT2D eigenvalue weighted by atomic mass is 10.2. The molecule has 26 heavy (non-hydrogen) atoms. The van der Waals surface area contributed by atoms with Gasteiger partial charge in [-0.25, -0.2) is 9.97 Å². The van der Waals surface area contributed by atoms with Gasteiger partial charge in [0, 0.05) is 37.5 Å². The van der Waals surface area contributed by atoms with Gasteiger partial charge in [-0.2, -0.15) is 0 Å². The third kappa shape index (κ3) is 5.54. The molecule has 2 N–H and O–H groups in total. The summed E-state index contributed by atoms with van der Waals surface area (Å²) in [5.74, 6) is 0.298. The molecule has 2 aromatic rings. The molecule has 0 fully saturated rings. The van der Waals surface area contributed by atoms with Gasteiger partial charge >= 0.3 is 0 Å². The van der Waals surface area contributed by atoms with Crippen LogP contribution in [0.4, 0.5) is 17.2 Å². The fourth-order valence-electron chi connectivity index (χ4n) is 2.59. The molecule has 0 aliphatic heterocycles. The summed E-state index contributed by atoms with van der Waals surface area (Å²) in [6, 6.07) is 8.92. The molecule has 0 bridgehead atoms. The Bertz CT molecular complexity index is 757. The SMILES string of the molecule is CCCN(CCC)C(=O)c1cc(Nc2cccc(NC(C)=O)c2)ncn1. The highest BCUT2D eigenvalue weighted by Crippen LogP contribution is 2.19. The number of anilines is 3. The first-order chi connectivity index (χ1) is 12.5. The molecular formula is C19H25N5O2. The molecule has 0 radical (unpaired) electrons. The molecule has 0 atom stereocenters. The minimum Gasteiger partial charge on any atom is -0.340 e. The second-order valence-corrected chi connectivity index (χ2v) is 5.97. The number of carbonyl (C=O) groups is 2. The second kappa shape index (κ2) is 9.50. The molecule has 1 aromatic carbocycles. The molecule has 2 amide bonds. The van der Waals surface area contributed by atoms with E-state index in [1.807, 2.05) is 30.9 Å². The standard InChI is InChI=1S/C19H25N5O2/c1-4-9-24(10-5-2)19(26)17-12-18(21-13-20-17)23-16-8-6-7-15(11-16)22-14(3)25/h6-8,11-13H,4-5,9-10H2,1-3H3,(H,22,25)(H,20,21,23). The van der Waals surface area contributed by atoms with Crippen molar-refractivity contribution in [2.24, 2.45) is 0 Å². The van der Waals surface area contributed by atoms with Crippen LogP contribution in [0.15, 0.2) is 36.7 Å². The van der Waals surface area contributed by atoms with Gasteiger partial charge in [0.2, 0.25) is 5.91 Å². The summed E-state index contributed by atoms with van der Waals surface area (Å²) in [5.41, 5.74) is 1.81. The van der Waals surface area contributed by atoms with Gasteiger partial charge in [0.15, 0.2) is 0 Å². The number of hydrogen-bond donors (Lipinski definition) is 2. The smallest absolute Gasteiger partial charge is 0.272 e. The lowest BCUT2D eigenvalue weighted by Crippen LogP contribution is -2.33. The van der Waals surface area contributed by atoms with Crippen LogP contribution >= 0.6 is 0 Å². The number of amides is 2. The molecule has 0 spiro atoms. The van der Waals surface area contributed by atoms with E-state index in [1.54, 1.807) is 18.2 Å². The average Bonchev–Trinajstić information content (AvgIpc) is 2.61. The summed E-state index contributed by atoms with van der Waals surface area (Å²) < 4.78 is 0. The summed E-state index contributed by atoms with van der Waals surface area (Å²) in [5, 5.41) is 5.87. The van der Waals surface area contributed by atoms with Crippen molar-refractivity contribution in [1.29, 1.82) is 0 Å². The number of benzene rings is 1. The van der Waals surface area contributed by atoms with Crippen molar-refractivity contribution in [3.63, 3.8) is 0 Å². The predicted octanol–water partition coefficient (Wildman–Crippen LogP) is 3.44. The highest BCUT2D eigenvalue weighted by molar-refractivity contribution is 5.93. The molecule has 0 aliphatic carbocycles. The average molecular weight is 355 g/mol. The minimum absolute atomic E-state index is 0.0915. The van der Waals surface area contributed by atoms with Crippen molar-refractivity contribution in [3.8, 4) is 0 Å². The van der Waals surface area contributed by atoms with Crippen LogP contribution < -0.4 is 10.6 Å². The van der Waals surface area contributed by atoms with E-state index >= 15 is 0 Å². The second-order valence-electron chi connectivity index (χ2n) is 5.97. The predicted molar refractivity (Wildman–Crippen MR) is 103 cm³/mol. The van der Waals surface area contributed by atoms with Crippen LogP contribution in [0.1, 0.15) is 44.1 Å². The number of nitrogens with one attached hydrogen (secondary N) is 2. The molecule has 2 rings (SSSR count). The molecule has 0 saturated heterocycles. The van der Waals surface area contributed by atoms with Gasteiger partial charge in [0.05, 0.1) is 0 Å². The van der Waals surface area contributed by atoms with Gasteiger partial charge in [0.1, 0.15) is 17.8 Å². The van der Waals surface area contributed by atoms with Crippen LogP contribution in [0.2, 0.25) is 0 Å². The molecule has 138 valence electrons. The third-order valence-electron chi connectivity index (χ3n) is 3.62. The fourth-order valence-corrected chi connectivity index (χ4v) is 2.59. The maximum absolute atomic E-state index is 12.7. The Labute approximate surface area is 153 Å². The zero-order chi connectivity index (χ0) is 18.9. The number of rotatable bonds is 8. The first kappa shape index (κ1) is 19.4. The maximum Gasteiger partial charge on any atom is 0.272 e. The summed E-state index contributed by atoms with van der Waals surface area (Å²) in [7, 11) is 0. The van der Waals surface area contributed by atoms with Crippen LogP contribution in [-0.2, 0) is 4.79 Å². The molecule has 0 unspecified atom stereocenters. The van der Waals surface area contributed by atoms with Crippen molar-refractivity contribution < 1.29 is 9.59 Å². The number of hydrogen-bond acceptors (Lipinski definition) is 5. The molecule has 0 saturated carbocycles. The van der Waals surface area contributed by atoms with Crippen molar-refractivity contribution in [2.75, 3.05) is 23.7 Å². The Balaban J connectivity index is 2.16. The van der Waals surface area contributed by atoms with Gasteiger partial charge in [0.25, 0.3) is 5.91 Å². The third-order valence-corrected chi connectivity index (χ3v) is 3.62. The summed E-state index contributed by atoms with van der Waals surface area (Å²) in [6.07, 6.45) is 3.18. The van der Waals surface area contributed by atoms with E-state index in [0.717, 1.165) is 18.5 Å². The van der Waals surface area contributed by atoms with E-state index in [0.29, 0.717) is 30.3 Å². The lowest BCUT2D eigenvalue weighted by molar-refractivity contribution is -0.114. The monoisotopic (exact) mass is 355 g/mol. The number of carbonyl (C=O) groups excluding carboxylic acids is 2. The van der Waals surface area contributed by atoms with Gasteiger partial charge in [-0.1, -0.05) is 19.9 Å². The summed E-state index contributed by atoms with van der Waals surface area (Å²) in [4.78, 5) is 34.0. The molecule has 1 heterocycles. The Morgan fingerprint density at radius 3 is 2.38 bits per heavy atom. The van der Waals surface area contributed by atoms with Gasteiger partial charge < -0.3 is 15.5 Å². The Hall–Kier alpha value is -2.96. The Morgan fingerprint density at radius 2 is 1.73 bits per heavy atom. The number of nitrogens with zero attached hydrogens (tertiary/aromatic N) is 3. The Kier molecular flexibility index (Phi) is 7.08. The fraction of sp³-hybridized carbons (Fsp3) is 0.368. The van der Waals surface area contributed by atoms with E-state index < -0.39 is 0 Å². The topological polar surface area (TPSA) is 87.2 Å². The highest BCUT2D eigenvalue weighted by atomic mass is 16.2. The van der Waals surface area contributed by atoms with Crippen molar-refractivity contribution >= 4 is 29.0 Å². The first-order valence-electron chi connectivity index (χ1n) is 8.79. The van der Waals surface area contributed by atoms with E-state index in [2.05, 4.69) is 20.6 Å². The van der Waals surface area contributed by atoms with E-state index in [9.17, 15) is 9.59 Å². The minimum atomic E-state index is -0.135. The van der Waals surface area contributed by atoms with Crippen molar-refractivity contribution in [3.05, 3.63) is 42.4 Å². The van der Waals surface area contributed by atoms with E-state index in [-0.39, 0.29) is 11.8 Å². The molecule has 7 heteroatoms. The lowest BCUT2D eigenvalue weighted by Gasteiger charge is -2.21. The van der Waals surface area contributed by atoms with E-state index in [1.165, 1.54) is 13.3 Å². The molecule has 7 nitrogen and oxygen atoms in total. The largest absolute Gasteiger partial charge is 0.340 e. The van der Waals surface area contributed by atoms with Crippen LogP contribution in [0, 0.1) is 0 Å². The number of aromatic nitrogens is 2. The van der Waals surface area contributed by atoms with Crippen LogP contribution in [0.3, 0.4) is 0 Å². The zero-order valence-electron chi connectivity index (χ0n) is 15.5.